The molecule has 0 spiro atoms. The second kappa shape index (κ2) is 5.52. The SMILES string of the molecule is COc1ccc(C[C@@H]2OC(=O)c3ccc(C(=O)O)cc32)cc1. The van der Waals surface area contributed by atoms with Gasteiger partial charge in [-0.05, 0) is 35.9 Å². The van der Waals surface area contributed by atoms with E-state index in [2.05, 4.69) is 0 Å². The summed E-state index contributed by atoms with van der Waals surface area (Å²) in [4.78, 5) is 22.9. The van der Waals surface area contributed by atoms with Crippen molar-refractivity contribution in [2.24, 2.45) is 0 Å². The molecule has 0 radical (unpaired) electrons. The monoisotopic (exact) mass is 298 g/mol. The van der Waals surface area contributed by atoms with Crippen molar-refractivity contribution in [3.8, 4) is 5.75 Å². The molecule has 0 amide bonds. The molecule has 5 heteroatoms. The Morgan fingerprint density at radius 3 is 2.59 bits per heavy atom. The lowest BCUT2D eigenvalue weighted by atomic mass is 9.97. The fraction of sp³-hybridized carbons (Fsp3) is 0.176. The van der Waals surface area contributed by atoms with Crippen LogP contribution >= 0.6 is 0 Å². The van der Waals surface area contributed by atoms with Crippen LogP contribution in [0.25, 0.3) is 0 Å². The van der Waals surface area contributed by atoms with Gasteiger partial charge in [-0.15, -0.1) is 0 Å². The van der Waals surface area contributed by atoms with E-state index in [1.54, 1.807) is 7.11 Å². The van der Waals surface area contributed by atoms with E-state index in [9.17, 15) is 9.59 Å². The van der Waals surface area contributed by atoms with Crippen LogP contribution in [0.1, 0.15) is 37.9 Å². The highest BCUT2D eigenvalue weighted by molar-refractivity contribution is 5.96. The number of methoxy groups -OCH3 is 1. The maximum atomic E-state index is 11.9. The topological polar surface area (TPSA) is 72.8 Å². The Hall–Kier alpha value is -2.82. The number of esters is 1. The van der Waals surface area contributed by atoms with E-state index in [1.807, 2.05) is 24.3 Å². The minimum atomic E-state index is -1.02. The molecule has 3 rings (SSSR count). The fourth-order valence-corrected chi connectivity index (χ4v) is 2.53. The van der Waals surface area contributed by atoms with Crippen LogP contribution in [0.15, 0.2) is 42.5 Å². The molecule has 0 fully saturated rings. The quantitative estimate of drug-likeness (QED) is 0.879. The van der Waals surface area contributed by atoms with Crippen molar-refractivity contribution in [3.63, 3.8) is 0 Å². The molecule has 0 bridgehead atoms. The highest BCUT2D eigenvalue weighted by atomic mass is 16.5. The van der Waals surface area contributed by atoms with E-state index in [1.165, 1.54) is 18.2 Å². The van der Waals surface area contributed by atoms with Gasteiger partial charge in [-0.25, -0.2) is 9.59 Å². The number of fused-ring (bicyclic) bond motifs is 1. The van der Waals surface area contributed by atoms with E-state index < -0.39 is 18.0 Å². The van der Waals surface area contributed by atoms with Gasteiger partial charge in [0.25, 0.3) is 0 Å². The molecule has 1 atom stereocenters. The Bertz CT molecular complexity index is 733. The van der Waals surface area contributed by atoms with Gasteiger partial charge in [0.2, 0.25) is 0 Å². The number of cyclic esters (lactones) is 1. The Labute approximate surface area is 127 Å². The van der Waals surface area contributed by atoms with Gasteiger partial charge < -0.3 is 14.6 Å². The molecule has 5 nitrogen and oxygen atoms in total. The third-order valence-electron chi connectivity index (χ3n) is 3.69. The van der Waals surface area contributed by atoms with Gasteiger partial charge in [0.05, 0.1) is 18.2 Å². The first-order valence-electron chi connectivity index (χ1n) is 6.79. The molecule has 0 aliphatic carbocycles. The minimum Gasteiger partial charge on any atom is -0.497 e. The summed E-state index contributed by atoms with van der Waals surface area (Å²) >= 11 is 0. The second-order valence-electron chi connectivity index (χ2n) is 5.05. The number of ether oxygens (including phenoxy) is 2. The molecular weight excluding hydrogens is 284 g/mol. The summed E-state index contributed by atoms with van der Waals surface area (Å²) in [6.45, 7) is 0. The third-order valence-corrected chi connectivity index (χ3v) is 3.69. The summed E-state index contributed by atoms with van der Waals surface area (Å²) in [6.07, 6.45) is 0.0291. The first-order valence-corrected chi connectivity index (χ1v) is 6.79. The summed E-state index contributed by atoms with van der Waals surface area (Å²) < 4.78 is 10.5. The van der Waals surface area contributed by atoms with E-state index in [0.717, 1.165) is 11.3 Å². The van der Waals surface area contributed by atoms with E-state index in [0.29, 0.717) is 17.5 Å². The molecule has 1 aliphatic heterocycles. The Morgan fingerprint density at radius 1 is 1.23 bits per heavy atom. The summed E-state index contributed by atoms with van der Waals surface area (Å²) in [6, 6.07) is 11.9. The van der Waals surface area contributed by atoms with Crippen LogP contribution in [0.2, 0.25) is 0 Å². The maximum Gasteiger partial charge on any atom is 0.339 e. The predicted molar refractivity (Wildman–Crippen MR) is 78.3 cm³/mol. The Balaban J connectivity index is 1.89. The van der Waals surface area contributed by atoms with Gasteiger partial charge in [-0.2, -0.15) is 0 Å². The fourth-order valence-electron chi connectivity index (χ4n) is 2.53. The third kappa shape index (κ3) is 2.53. The van der Waals surface area contributed by atoms with Crippen LogP contribution in [-0.4, -0.2) is 24.2 Å². The number of carbonyl (C=O) groups excluding carboxylic acids is 1. The van der Waals surface area contributed by atoms with Crippen molar-refractivity contribution in [2.75, 3.05) is 7.11 Å². The Kier molecular flexibility index (Phi) is 3.55. The number of carboxylic acids is 1. The van der Waals surface area contributed by atoms with E-state index >= 15 is 0 Å². The van der Waals surface area contributed by atoms with Crippen LogP contribution in [0.5, 0.6) is 5.75 Å². The van der Waals surface area contributed by atoms with Crippen molar-refractivity contribution in [1.82, 2.24) is 0 Å². The van der Waals surface area contributed by atoms with Crippen molar-refractivity contribution < 1.29 is 24.2 Å². The van der Waals surface area contributed by atoms with Gasteiger partial charge in [-0.1, -0.05) is 12.1 Å². The van der Waals surface area contributed by atoms with Gasteiger partial charge in [0.1, 0.15) is 11.9 Å². The lowest BCUT2D eigenvalue weighted by molar-refractivity contribution is 0.0387. The molecule has 2 aromatic rings. The van der Waals surface area contributed by atoms with Crippen LogP contribution < -0.4 is 4.74 Å². The standard InChI is InChI=1S/C17H14O5/c1-21-12-5-2-10(3-6-12)8-15-14-9-11(16(18)19)4-7-13(14)17(20)22-15/h2-7,9,15H,8H2,1H3,(H,18,19)/t15-/m0/s1. The summed E-state index contributed by atoms with van der Waals surface area (Å²) in [7, 11) is 1.59. The number of carboxylic acid groups (broad SMARTS) is 1. The number of hydrogen-bond donors (Lipinski definition) is 1. The molecule has 0 unspecified atom stereocenters. The molecule has 0 saturated heterocycles. The highest BCUT2D eigenvalue weighted by Gasteiger charge is 2.31. The smallest absolute Gasteiger partial charge is 0.339 e. The predicted octanol–water partition coefficient (Wildman–Crippen LogP) is 2.85. The second-order valence-corrected chi connectivity index (χ2v) is 5.05. The average molecular weight is 298 g/mol. The molecule has 1 N–H and O–H groups in total. The zero-order chi connectivity index (χ0) is 15.7. The molecule has 0 saturated carbocycles. The van der Waals surface area contributed by atoms with Gasteiger partial charge in [0, 0.05) is 12.0 Å². The maximum absolute atomic E-state index is 11.9. The summed E-state index contributed by atoms with van der Waals surface area (Å²) in [5.74, 6) is -0.684. The van der Waals surface area contributed by atoms with E-state index in [4.69, 9.17) is 14.6 Å². The Morgan fingerprint density at radius 2 is 1.95 bits per heavy atom. The first kappa shape index (κ1) is 14.1. The minimum absolute atomic E-state index is 0.150. The van der Waals surface area contributed by atoms with Gasteiger partial charge in [0.15, 0.2) is 0 Å². The number of benzene rings is 2. The van der Waals surface area contributed by atoms with Crippen LogP contribution in [0.4, 0.5) is 0 Å². The number of hydrogen-bond acceptors (Lipinski definition) is 4. The molecule has 112 valence electrons. The van der Waals surface area contributed by atoms with Crippen LogP contribution in [0.3, 0.4) is 0 Å². The van der Waals surface area contributed by atoms with Crippen LogP contribution in [0, 0.1) is 0 Å². The summed E-state index contributed by atoms with van der Waals surface area (Å²) in [5, 5.41) is 9.08. The largest absolute Gasteiger partial charge is 0.497 e. The lowest BCUT2D eigenvalue weighted by Crippen LogP contribution is -2.03. The zero-order valence-electron chi connectivity index (χ0n) is 11.9. The number of aromatic carboxylic acids is 1. The number of carbonyl (C=O) groups is 2. The number of rotatable bonds is 4. The summed E-state index contributed by atoms with van der Waals surface area (Å²) in [5.41, 5.74) is 2.19. The van der Waals surface area contributed by atoms with Crippen molar-refractivity contribution in [2.45, 2.75) is 12.5 Å². The highest BCUT2D eigenvalue weighted by Crippen LogP contribution is 2.34. The lowest BCUT2D eigenvalue weighted by Gasteiger charge is -2.11. The molecule has 0 aromatic heterocycles. The van der Waals surface area contributed by atoms with Gasteiger partial charge in [-0.3, -0.25) is 0 Å². The molecule has 2 aromatic carbocycles. The average Bonchev–Trinajstić information content (AvgIpc) is 2.84. The molecule has 1 heterocycles. The van der Waals surface area contributed by atoms with Crippen molar-refractivity contribution >= 4 is 11.9 Å². The van der Waals surface area contributed by atoms with Crippen molar-refractivity contribution in [1.29, 1.82) is 0 Å². The van der Waals surface area contributed by atoms with E-state index in [-0.39, 0.29) is 5.56 Å². The van der Waals surface area contributed by atoms with Gasteiger partial charge >= 0.3 is 11.9 Å². The van der Waals surface area contributed by atoms with Crippen LogP contribution in [-0.2, 0) is 11.2 Å². The zero-order valence-corrected chi connectivity index (χ0v) is 11.9. The first-order chi connectivity index (χ1) is 10.6. The molecular formula is C17H14O5. The molecule has 22 heavy (non-hydrogen) atoms. The molecule has 1 aliphatic rings. The normalized spacial score (nSPS) is 16.0. The van der Waals surface area contributed by atoms with Crippen molar-refractivity contribution in [3.05, 3.63) is 64.7 Å².